The zero-order valence-electron chi connectivity index (χ0n) is 25.5. The van der Waals surface area contributed by atoms with E-state index in [-0.39, 0.29) is 17.9 Å². The van der Waals surface area contributed by atoms with Gasteiger partial charge in [0.15, 0.2) is 0 Å². The number of hydrogen-bond acceptors (Lipinski definition) is 5. The van der Waals surface area contributed by atoms with Gasteiger partial charge in [0, 0.05) is 61.8 Å². The fourth-order valence-corrected chi connectivity index (χ4v) is 6.56. The second-order valence-electron chi connectivity index (χ2n) is 12.1. The lowest BCUT2D eigenvalue weighted by Gasteiger charge is -2.41. The average Bonchev–Trinajstić information content (AvgIpc) is 3.44. The van der Waals surface area contributed by atoms with Crippen molar-refractivity contribution in [2.24, 2.45) is 0 Å². The third-order valence-electron chi connectivity index (χ3n) is 8.89. The van der Waals surface area contributed by atoms with Crippen LogP contribution in [0.25, 0.3) is 10.9 Å². The summed E-state index contributed by atoms with van der Waals surface area (Å²) in [4.78, 5) is 37.5. The molecule has 1 aliphatic heterocycles. The number of aromatic amines is 1. The highest BCUT2D eigenvalue weighted by molar-refractivity contribution is 5.99. The summed E-state index contributed by atoms with van der Waals surface area (Å²) >= 11 is 0. The van der Waals surface area contributed by atoms with Crippen molar-refractivity contribution in [1.82, 2.24) is 25.0 Å². The SMILES string of the molecule is COc1ccc(CN(C)C)cc1NC(=O)[C@H](NC(=O)N1CCN(C2CCCCC2)CC1)[C@H](C)c1c[nH]c2ccccc12. The Morgan fingerprint density at radius 1 is 1.05 bits per heavy atom. The molecule has 1 aliphatic carbocycles. The lowest BCUT2D eigenvalue weighted by molar-refractivity contribution is -0.118. The summed E-state index contributed by atoms with van der Waals surface area (Å²) in [7, 11) is 5.61. The van der Waals surface area contributed by atoms with Gasteiger partial charge >= 0.3 is 6.03 Å². The molecule has 2 atom stereocenters. The summed E-state index contributed by atoms with van der Waals surface area (Å²) in [5, 5.41) is 7.27. The number of ether oxygens (including phenoxy) is 1. The number of carbonyl (C=O) groups excluding carboxylic acids is 2. The van der Waals surface area contributed by atoms with Crippen molar-refractivity contribution in [2.75, 3.05) is 52.7 Å². The van der Waals surface area contributed by atoms with Crippen molar-refractivity contribution >= 4 is 28.5 Å². The first-order valence-corrected chi connectivity index (χ1v) is 15.3. The van der Waals surface area contributed by atoms with Gasteiger partial charge < -0.3 is 30.2 Å². The Labute approximate surface area is 249 Å². The second kappa shape index (κ2) is 13.6. The fourth-order valence-electron chi connectivity index (χ4n) is 6.56. The molecule has 1 saturated heterocycles. The van der Waals surface area contributed by atoms with Crippen LogP contribution < -0.4 is 15.4 Å². The highest BCUT2D eigenvalue weighted by Crippen LogP contribution is 2.31. The number of urea groups is 1. The van der Waals surface area contributed by atoms with E-state index in [1.165, 1.54) is 32.1 Å². The van der Waals surface area contributed by atoms with E-state index in [1.54, 1.807) is 7.11 Å². The summed E-state index contributed by atoms with van der Waals surface area (Å²) in [5.74, 6) is 0.0152. The van der Waals surface area contributed by atoms with Crippen LogP contribution >= 0.6 is 0 Å². The molecule has 42 heavy (non-hydrogen) atoms. The molecule has 2 aromatic carbocycles. The molecule has 2 heterocycles. The van der Waals surface area contributed by atoms with Gasteiger partial charge in [-0.2, -0.15) is 0 Å². The van der Waals surface area contributed by atoms with E-state index < -0.39 is 6.04 Å². The number of methoxy groups -OCH3 is 1. The van der Waals surface area contributed by atoms with Crippen molar-refractivity contribution in [3.05, 3.63) is 59.8 Å². The number of hydrogen-bond donors (Lipinski definition) is 3. The third kappa shape index (κ3) is 6.90. The molecule has 3 N–H and O–H groups in total. The zero-order valence-corrected chi connectivity index (χ0v) is 25.5. The van der Waals surface area contributed by atoms with Crippen molar-refractivity contribution in [3.8, 4) is 5.75 Å². The summed E-state index contributed by atoms with van der Waals surface area (Å²) in [5.41, 5.74) is 3.63. The predicted molar refractivity (Wildman–Crippen MR) is 168 cm³/mol. The number of piperazine rings is 1. The summed E-state index contributed by atoms with van der Waals surface area (Å²) in [6.07, 6.45) is 8.41. The van der Waals surface area contributed by atoms with E-state index in [9.17, 15) is 9.59 Å². The normalized spacial score (nSPS) is 18.2. The molecule has 0 radical (unpaired) electrons. The molecule has 3 amide bonds. The Kier molecular flexibility index (Phi) is 9.69. The van der Waals surface area contributed by atoms with Gasteiger partial charge in [-0.05, 0) is 56.3 Å². The zero-order chi connectivity index (χ0) is 29.6. The average molecular weight is 575 g/mol. The number of para-hydroxylation sites is 1. The van der Waals surface area contributed by atoms with Crippen LogP contribution in [0.5, 0.6) is 5.75 Å². The first-order chi connectivity index (χ1) is 20.3. The second-order valence-corrected chi connectivity index (χ2v) is 12.1. The minimum Gasteiger partial charge on any atom is -0.495 e. The Hall–Kier alpha value is -3.56. The lowest BCUT2D eigenvalue weighted by Crippen LogP contribution is -2.57. The summed E-state index contributed by atoms with van der Waals surface area (Å²) in [6.45, 7) is 5.81. The molecule has 5 rings (SSSR count). The number of fused-ring (bicyclic) bond motifs is 1. The van der Waals surface area contributed by atoms with Gasteiger partial charge in [-0.3, -0.25) is 9.69 Å². The highest BCUT2D eigenvalue weighted by Gasteiger charge is 2.33. The number of H-pyrrole nitrogens is 1. The van der Waals surface area contributed by atoms with Crippen LogP contribution in [-0.2, 0) is 11.3 Å². The third-order valence-corrected chi connectivity index (χ3v) is 8.89. The molecule has 0 bridgehead atoms. The van der Waals surface area contributed by atoms with Gasteiger partial charge in [-0.1, -0.05) is 50.5 Å². The number of rotatable bonds is 9. The summed E-state index contributed by atoms with van der Waals surface area (Å²) < 4.78 is 5.58. The molecule has 0 spiro atoms. The number of nitrogens with zero attached hydrogens (tertiary/aromatic N) is 3. The molecule has 1 saturated carbocycles. The first-order valence-electron chi connectivity index (χ1n) is 15.3. The Bertz CT molecular complexity index is 1360. The number of nitrogens with one attached hydrogen (secondary N) is 3. The number of benzene rings is 2. The van der Waals surface area contributed by atoms with Crippen LogP contribution in [0, 0.1) is 0 Å². The lowest BCUT2D eigenvalue weighted by atomic mass is 9.92. The van der Waals surface area contributed by atoms with Gasteiger partial charge in [0.05, 0.1) is 12.8 Å². The van der Waals surface area contributed by atoms with Crippen LogP contribution in [0.15, 0.2) is 48.7 Å². The molecule has 9 nitrogen and oxygen atoms in total. The summed E-state index contributed by atoms with van der Waals surface area (Å²) in [6, 6.07) is 13.5. The van der Waals surface area contributed by atoms with Crippen molar-refractivity contribution in [3.63, 3.8) is 0 Å². The molecular weight excluding hydrogens is 528 g/mol. The number of anilines is 1. The standard InChI is InChI=1S/C33H46N6O3/c1-23(27-21-34-28-13-9-8-12-26(27)28)31(32(40)35-29-20-24(22-37(2)3)14-15-30(29)42-4)36-33(41)39-18-16-38(17-19-39)25-10-6-5-7-11-25/h8-9,12-15,20-21,23,25,31,34H,5-7,10-11,16-19,22H2,1-4H3,(H,35,40)(H,36,41)/t23-,31-/m1/s1. The molecule has 0 unspecified atom stereocenters. The van der Waals surface area contributed by atoms with E-state index in [1.807, 2.05) is 74.6 Å². The Balaban J connectivity index is 1.35. The number of aromatic nitrogens is 1. The molecule has 9 heteroatoms. The van der Waals surface area contributed by atoms with Gasteiger partial charge in [0.1, 0.15) is 11.8 Å². The van der Waals surface area contributed by atoms with Crippen LogP contribution in [0.3, 0.4) is 0 Å². The Morgan fingerprint density at radius 2 is 1.79 bits per heavy atom. The van der Waals surface area contributed by atoms with Gasteiger partial charge in [-0.15, -0.1) is 0 Å². The van der Waals surface area contributed by atoms with Crippen LogP contribution in [0.4, 0.5) is 10.5 Å². The van der Waals surface area contributed by atoms with E-state index in [0.29, 0.717) is 30.6 Å². The number of carbonyl (C=O) groups is 2. The van der Waals surface area contributed by atoms with Crippen molar-refractivity contribution in [2.45, 2.75) is 63.6 Å². The van der Waals surface area contributed by atoms with E-state index in [4.69, 9.17) is 4.74 Å². The molecule has 2 aliphatic rings. The quantitative estimate of drug-likeness (QED) is 0.334. The predicted octanol–water partition coefficient (Wildman–Crippen LogP) is 5.01. The maximum atomic E-state index is 14.0. The largest absolute Gasteiger partial charge is 0.495 e. The van der Waals surface area contributed by atoms with Crippen molar-refractivity contribution in [1.29, 1.82) is 0 Å². The molecule has 226 valence electrons. The smallest absolute Gasteiger partial charge is 0.318 e. The molecular formula is C33H46N6O3. The monoisotopic (exact) mass is 574 g/mol. The minimum absolute atomic E-state index is 0.196. The maximum absolute atomic E-state index is 14.0. The van der Waals surface area contributed by atoms with Crippen LogP contribution in [0.1, 0.15) is 56.1 Å². The minimum atomic E-state index is -0.796. The topological polar surface area (TPSA) is 92.9 Å². The van der Waals surface area contributed by atoms with Gasteiger partial charge in [0.2, 0.25) is 5.91 Å². The van der Waals surface area contributed by atoms with Gasteiger partial charge in [0.25, 0.3) is 0 Å². The van der Waals surface area contributed by atoms with E-state index in [2.05, 4.69) is 25.4 Å². The Morgan fingerprint density at radius 3 is 2.50 bits per heavy atom. The molecule has 3 aromatic rings. The fraction of sp³-hybridized carbons (Fsp3) is 0.515. The van der Waals surface area contributed by atoms with Crippen LogP contribution in [0.2, 0.25) is 0 Å². The van der Waals surface area contributed by atoms with E-state index >= 15 is 0 Å². The van der Waals surface area contributed by atoms with Crippen LogP contribution in [-0.4, -0.2) is 91.1 Å². The first kappa shape index (κ1) is 29.9. The maximum Gasteiger partial charge on any atom is 0.318 e. The van der Waals surface area contributed by atoms with Crippen molar-refractivity contribution < 1.29 is 14.3 Å². The highest BCUT2D eigenvalue weighted by atomic mass is 16.5. The molecule has 2 fully saturated rings. The number of amides is 3. The van der Waals surface area contributed by atoms with Gasteiger partial charge in [-0.25, -0.2) is 4.79 Å². The van der Waals surface area contributed by atoms with E-state index in [0.717, 1.165) is 41.7 Å². The molecule has 1 aromatic heterocycles.